The number of H-pyrrole nitrogens is 1. The van der Waals surface area contributed by atoms with Gasteiger partial charge in [-0.1, -0.05) is 31.2 Å². The van der Waals surface area contributed by atoms with Gasteiger partial charge >= 0.3 is 5.97 Å². The smallest absolute Gasteiger partial charge is 0.337 e. The molecule has 0 spiro atoms. The van der Waals surface area contributed by atoms with E-state index in [4.69, 9.17) is 0 Å². The third kappa shape index (κ3) is 5.45. The van der Waals surface area contributed by atoms with Crippen molar-refractivity contribution in [3.8, 4) is 0 Å². The van der Waals surface area contributed by atoms with Crippen LogP contribution in [0.15, 0.2) is 34.2 Å². The predicted octanol–water partition coefficient (Wildman–Crippen LogP) is 2.55. The predicted molar refractivity (Wildman–Crippen MR) is 101 cm³/mol. The SMILES string of the molecule is CCCc1cc(=O)[nH]c(SCC(=O)Nc2cc(C(=O)OC)ccc2C)n1. The second kappa shape index (κ2) is 9.19. The van der Waals surface area contributed by atoms with E-state index in [2.05, 4.69) is 20.0 Å². The average Bonchev–Trinajstić information content (AvgIpc) is 2.61. The monoisotopic (exact) mass is 375 g/mol. The number of esters is 1. The van der Waals surface area contributed by atoms with Crippen LogP contribution in [-0.2, 0) is 16.0 Å². The highest BCUT2D eigenvalue weighted by atomic mass is 32.2. The van der Waals surface area contributed by atoms with E-state index in [0.29, 0.717) is 28.5 Å². The first kappa shape index (κ1) is 19.7. The number of nitrogens with one attached hydrogen (secondary N) is 2. The molecule has 0 saturated heterocycles. The highest BCUT2D eigenvalue weighted by Crippen LogP contribution is 2.19. The molecule has 0 unspecified atom stereocenters. The zero-order valence-corrected chi connectivity index (χ0v) is 15.7. The first-order valence-corrected chi connectivity index (χ1v) is 9.13. The lowest BCUT2D eigenvalue weighted by molar-refractivity contribution is -0.113. The number of thioether (sulfide) groups is 1. The molecule has 2 aromatic rings. The number of amides is 1. The Morgan fingerprint density at radius 2 is 2.08 bits per heavy atom. The van der Waals surface area contributed by atoms with Gasteiger partial charge in [0.25, 0.3) is 5.56 Å². The Morgan fingerprint density at radius 1 is 1.31 bits per heavy atom. The molecule has 0 radical (unpaired) electrons. The first-order valence-electron chi connectivity index (χ1n) is 8.14. The lowest BCUT2D eigenvalue weighted by Gasteiger charge is -2.10. The van der Waals surface area contributed by atoms with Crippen molar-refractivity contribution < 1.29 is 14.3 Å². The number of aryl methyl sites for hydroxylation is 2. The summed E-state index contributed by atoms with van der Waals surface area (Å²) >= 11 is 1.15. The molecule has 0 atom stereocenters. The van der Waals surface area contributed by atoms with Gasteiger partial charge in [-0.15, -0.1) is 0 Å². The topological polar surface area (TPSA) is 101 Å². The molecule has 0 bridgehead atoms. The Morgan fingerprint density at radius 3 is 2.77 bits per heavy atom. The van der Waals surface area contributed by atoms with Crippen molar-refractivity contribution in [3.63, 3.8) is 0 Å². The largest absolute Gasteiger partial charge is 0.465 e. The van der Waals surface area contributed by atoms with Crippen molar-refractivity contribution in [2.24, 2.45) is 0 Å². The zero-order valence-electron chi connectivity index (χ0n) is 14.9. The Labute approximate surface area is 155 Å². The number of anilines is 1. The van der Waals surface area contributed by atoms with Crippen molar-refractivity contribution in [3.05, 3.63) is 51.4 Å². The van der Waals surface area contributed by atoms with E-state index in [-0.39, 0.29) is 17.2 Å². The number of benzene rings is 1. The van der Waals surface area contributed by atoms with Crippen LogP contribution in [0.2, 0.25) is 0 Å². The van der Waals surface area contributed by atoms with Gasteiger partial charge < -0.3 is 15.0 Å². The van der Waals surface area contributed by atoms with Gasteiger partial charge in [0, 0.05) is 17.4 Å². The lowest BCUT2D eigenvalue weighted by atomic mass is 10.1. The number of rotatable bonds is 7. The number of carbonyl (C=O) groups excluding carboxylic acids is 2. The minimum atomic E-state index is -0.468. The maximum Gasteiger partial charge on any atom is 0.337 e. The summed E-state index contributed by atoms with van der Waals surface area (Å²) in [7, 11) is 1.30. The number of hydrogen-bond donors (Lipinski definition) is 2. The molecule has 26 heavy (non-hydrogen) atoms. The average molecular weight is 375 g/mol. The molecule has 0 fully saturated rings. The lowest BCUT2D eigenvalue weighted by Crippen LogP contribution is -2.17. The molecular formula is C18H21N3O4S. The molecule has 2 rings (SSSR count). The van der Waals surface area contributed by atoms with Gasteiger partial charge in [0.1, 0.15) is 0 Å². The molecule has 0 aliphatic carbocycles. The number of aromatic nitrogens is 2. The number of ether oxygens (including phenoxy) is 1. The number of hydrogen-bond acceptors (Lipinski definition) is 6. The van der Waals surface area contributed by atoms with Crippen LogP contribution in [0.3, 0.4) is 0 Å². The summed E-state index contributed by atoms with van der Waals surface area (Å²) in [6.07, 6.45) is 1.60. The third-order valence-electron chi connectivity index (χ3n) is 3.55. The van der Waals surface area contributed by atoms with E-state index in [1.165, 1.54) is 13.2 Å². The van der Waals surface area contributed by atoms with Crippen LogP contribution in [0.4, 0.5) is 5.69 Å². The fourth-order valence-electron chi connectivity index (χ4n) is 2.26. The van der Waals surface area contributed by atoms with Gasteiger partial charge in [0.2, 0.25) is 5.91 Å². The fourth-order valence-corrected chi connectivity index (χ4v) is 2.95. The van der Waals surface area contributed by atoms with E-state index in [0.717, 1.165) is 23.7 Å². The molecule has 1 aromatic heterocycles. The third-order valence-corrected chi connectivity index (χ3v) is 4.43. The summed E-state index contributed by atoms with van der Waals surface area (Å²) < 4.78 is 4.69. The number of aromatic amines is 1. The van der Waals surface area contributed by atoms with Gasteiger partial charge in [0.05, 0.1) is 18.4 Å². The Balaban J connectivity index is 2.03. The molecule has 8 heteroatoms. The molecule has 0 saturated carbocycles. The minimum Gasteiger partial charge on any atom is -0.465 e. The first-order chi connectivity index (χ1) is 12.4. The number of nitrogens with zero attached hydrogens (tertiary/aromatic N) is 1. The summed E-state index contributed by atoms with van der Waals surface area (Å²) in [5.41, 5.74) is 2.21. The summed E-state index contributed by atoms with van der Waals surface area (Å²) in [5.74, 6) is -0.645. The summed E-state index contributed by atoms with van der Waals surface area (Å²) in [6.45, 7) is 3.84. The highest BCUT2D eigenvalue weighted by molar-refractivity contribution is 7.99. The van der Waals surface area contributed by atoms with Crippen molar-refractivity contribution >= 4 is 29.3 Å². The van der Waals surface area contributed by atoms with Gasteiger partial charge in [-0.2, -0.15) is 0 Å². The molecule has 7 nitrogen and oxygen atoms in total. The quantitative estimate of drug-likeness (QED) is 0.438. The summed E-state index contributed by atoms with van der Waals surface area (Å²) in [4.78, 5) is 42.4. The fraction of sp³-hybridized carbons (Fsp3) is 0.333. The van der Waals surface area contributed by atoms with Gasteiger partial charge in [-0.05, 0) is 31.0 Å². The van der Waals surface area contributed by atoms with Gasteiger partial charge in [-0.25, -0.2) is 9.78 Å². The highest BCUT2D eigenvalue weighted by Gasteiger charge is 2.11. The molecule has 0 aliphatic heterocycles. The Kier molecular flexibility index (Phi) is 6.97. The Hall–Kier alpha value is -2.61. The van der Waals surface area contributed by atoms with Crippen molar-refractivity contribution in [1.29, 1.82) is 0 Å². The van der Waals surface area contributed by atoms with Crippen LogP contribution < -0.4 is 10.9 Å². The molecule has 1 amide bonds. The van der Waals surface area contributed by atoms with E-state index < -0.39 is 5.97 Å². The second-order valence-electron chi connectivity index (χ2n) is 5.65. The van der Waals surface area contributed by atoms with E-state index in [9.17, 15) is 14.4 Å². The molecule has 2 N–H and O–H groups in total. The standard InChI is InChI=1S/C18H21N3O4S/c1-4-5-13-9-15(22)21-18(19-13)26-10-16(23)20-14-8-12(17(24)25-3)7-6-11(14)2/h6-9H,4-5,10H2,1-3H3,(H,20,23)(H,19,21,22). The van der Waals surface area contributed by atoms with Crippen LogP contribution in [0.1, 0.15) is 35.0 Å². The Bertz CT molecular complexity index is 864. The normalized spacial score (nSPS) is 10.4. The number of methoxy groups -OCH3 is 1. The maximum atomic E-state index is 12.2. The zero-order chi connectivity index (χ0) is 19.1. The van der Waals surface area contributed by atoms with Crippen LogP contribution >= 0.6 is 11.8 Å². The molecule has 1 aromatic carbocycles. The maximum absolute atomic E-state index is 12.2. The van der Waals surface area contributed by atoms with E-state index >= 15 is 0 Å². The second-order valence-corrected chi connectivity index (χ2v) is 6.61. The van der Waals surface area contributed by atoms with E-state index in [1.807, 2.05) is 13.8 Å². The molecular weight excluding hydrogens is 354 g/mol. The van der Waals surface area contributed by atoms with Crippen molar-refractivity contribution in [2.45, 2.75) is 31.8 Å². The van der Waals surface area contributed by atoms with Crippen LogP contribution in [0.25, 0.3) is 0 Å². The van der Waals surface area contributed by atoms with Crippen molar-refractivity contribution in [1.82, 2.24) is 9.97 Å². The van der Waals surface area contributed by atoms with Crippen LogP contribution in [0, 0.1) is 6.92 Å². The molecule has 0 aliphatic rings. The summed E-state index contributed by atoms with van der Waals surface area (Å²) in [5, 5.41) is 3.18. The minimum absolute atomic E-state index is 0.0837. The molecule has 1 heterocycles. The van der Waals surface area contributed by atoms with Crippen molar-refractivity contribution in [2.75, 3.05) is 18.2 Å². The van der Waals surface area contributed by atoms with Gasteiger partial charge in [0.15, 0.2) is 5.16 Å². The van der Waals surface area contributed by atoms with Crippen LogP contribution in [-0.4, -0.2) is 34.7 Å². The van der Waals surface area contributed by atoms with Crippen LogP contribution in [0.5, 0.6) is 0 Å². The number of carbonyl (C=O) groups is 2. The molecule has 138 valence electrons. The van der Waals surface area contributed by atoms with E-state index in [1.54, 1.807) is 18.2 Å². The van der Waals surface area contributed by atoms with Gasteiger partial charge in [-0.3, -0.25) is 9.59 Å². The summed E-state index contributed by atoms with van der Waals surface area (Å²) in [6, 6.07) is 6.42.